The second-order valence-corrected chi connectivity index (χ2v) is 4.91. The molecule has 0 rings (SSSR count). The van der Waals surface area contributed by atoms with Gasteiger partial charge in [-0.3, -0.25) is 4.79 Å². The second kappa shape index (κ2) is 10.2. The van der Waals surface area contributed by atoms with Crippen LogP contribution in [-0.4, -0.2) is 38.2 Å². The second-order valence-electron chi connectivity index (χ2n) is 4.91. The topological polar surface area (TPSA) is 103 Å². The van der Waals surface area contributed by atoms with E-state index in [1.165, 1.54) is 33.1 Å². The van der Waals surface area contributed by atoms with Crippen LogP contribution >= 0.6 is 0 Å². The summed E-state index contributed by atoms with van der Waals surface area (Å²) in [5.41, 5.74) is -1.27. The van der Waals surface area contributed by atoms with Gasteiger partial charge in [0.1, 0.15) is 0 Å². The monoisotopic (exact) mass is 337 g/mol. The molecule has 1 unspecified atom stereocenters. The normalized spacial score (nSPS) is 14.2. The Morgan fingerprint density at radius 3 is 2.12 bits per heavy atom. The number of allylic oxidation sites excluding steroid dienone is 2. The lowest BCUT2D eigenvalue weighted by Gasteiger charge is -2.24. The van der Waals surface area contributed by atoms with Crippen molar-refractivity contribution in [3.05, 3.63) is 23.3 Å². The molecule has 0 aromatic carbocycles. The van der Waals surface area contributed by atoms with Gasteiger partial charge in [-0.1, -0.05) is 12.2 Å². The number of carbonyl (C=O) groups is 3. The molecular formula is C17H23NO6. The molecule has 0 heterocycles. The summed E-state index contributed by atoms with van der Waals surface area (Å²) in [6.45, 7) is 6.47. The van der Waals surface area contributed by atoms with E-state index in [1.54, 1.807) is 13.8 Å². The Morgan fingerprint density at radius 1 is 1.08 bits per heavy atom. The number of ether oxygens (including phenoxy) is 3. The SMILES string of the molecule is CCOC(=O)CC(C#N)(C(=O)OCC)/C(C)=C/C=C(/C)C(=O)OC. The van der Waals surface area contributed by atoms with Crippen LogP contribution in [0.4, 0.5) is 0 Å². The summed E-state index contributed by atoms with van der Waals surface area (Å²) in [5.74, 6) is -2.06. The maximum Gasteiger partial charge on any atom is 0.333 e. The number of carbonyl (C=O) groups excluding carboxylic acids is 3. The van der Waals surface area contributed by atoms with Crippen molar-refractivity contribution in [3.8, 4) is 6.07 Å². The summed E-state index contributed by atoms with van der Waals surface area (Å²) in [6.07, 6.45) is 2.37. The minimum atomic E-state index is -1.81. The van der Waals surface area contributed by atoms with E-state index in [2.05, 4.69) is 4.74 Å². The number of methoxy groups -OCH3 is 1. The van der Waals surface area contributed by atoms with Crippen molar-refractivity contribution < 1.29 is 28.6 Å². The first kappa shape index (κ1) is 21.4. The quantitative estimate of drug-likeness (QED) is 0.289. The summed E-state index contributed by atoms with van der Waals surface area (Å²) in [4.78, 5) is 35.5. The zero-order chi connectivity index (χ0) is 18.8. The summed E-state index contributed by atoms with van der Waals surface area (Å²) >= 11 is 0. The van der Waals surface area contributed by atoms with E-state index in [-0.39, 0.29) is 24.4 Å². The number of hydrogen-bond donors (Lipinski definition) is 0. The fraction of sp³-hybridized carbons (Fsp3) is 0.529. The fourth-order valence-corrected chi connectivity index (χ4v) is 1.85. The van der Waals surface area contributed by atoms with Crippen molar-refractivity contribution in [2.75, 3.05) is 20.3 Å². The molecule has 0 fully saturated rings. The molecule has 0 saturated heterocycles. The molecule has 0 bridgehead atoms. The lowest BCUT2D eigenvalue weighted by atomic mass is 9.78. The van der Waals surface area contributed by atoms with Crippen LogP contribution in [0, 0.1) is 16.7 Å². The summed E-state index contributed by atoms with van der Waals surface area (Å²) < 4.78 is 14.4. The van der Waals surface area contributed by atoms with Gasteiger partial charge >= 0.3 is 17.9 Å². The van der Waals surface area contributed by atoms with Gasteiger partial charge < -0.3 is 14.2 Å². The summed E-state index contributed by atoms with van der Waals surface area (Å²) in [5, 5.41) is 9.57. The average Bonchev–Trinajstić information content (AvgIpc) is 2.56. The molecule has 0 aliphatic carbocycles. The highest BCUT2D eigenvalue weighted by molar-refractivity contribution is 5.90. The summed E-state index contributed by atoms with van der Waals surface area (Å²) in [7, 11) is 1.25. The van der Waals surface area contributed by atoms with Gasteiger partial charge in [0.05, 0.1) is 32.8 Å². The van der Waals surface area contributed by atoms with E-state index in [9.17, 15) is 19.6 Å². The van der Waals surface area contributed by atoms with Crippen LogP contribution in [0.25, 0.3) is 0 Å². The van der Waals surface area contributed by atoms with Gasteiger partial charge in [-0.25, -0.2) is 9.59 Å². The first-order valence-corrected chi connectivity index (χ1v) is 7.47. The van der Waals surface area contributed by atoms with Crippen molar-refractivity contribution in [1.82, 2.24) is 0 Å². The Kier molecular flexibility index (Phi) is 9.10. The van der Waals surface area contributed by atoms with Gasteiger partial charge in [-0.15, -0.1) is 0 Å². The molecular weight excluding hydrogens is 314 g/mol. The lowest BCUT2D eigenvalue weighted by Crippen LogP contribution is -2.36. The maximum absolute atomic E-state index is 12.3. The first-order valence-electron chi connectivity index (χ1n) is 7.47. The molecule has 132 valence electrons. The predicted octanol–water partition coefficient (Wildman–Crippen LogP) is 2.08. The number of rotatable bonds is 8. The van der Waals surface area contributed by atoms with Crippen molar-refractivity contribution >= 4 is 17.9 Å². The van der Waals surface area contributed by atoms with Crippen molar-refractivity contribution in [2.24, 2.45) is 5.41 Å². The number of esters is 3. The number of nitriles is 1. The molecule has 0 aliphatic rings. The standard InChI is InChI=1S/C17H23NO6/c1-6-23-14(19)10-17(11-18,16(21)24-7-2)13(4)9-8-12(3)15(20)22-5/h8-9H,6-7,10H2,1-5H3/b12-8-,13-9+. The molecule has 7 nitrogen and oxygen atoms in total. The van der Waals surface area contributed by atoms with Gasteiger partial charge in [-0.05, 0) is 33.3 Å². The van der Waals surface area contributed by atoms with Crippen LogP contribution in [0.3, 0.4) is 0 Å². The van der Waals surface area contributed by atoms with E-state index in [0.717, 1.165) is 0 Å². The third-order valence-electron chi connectivity index (χ3n) is 3.29. The van der Waals surface area contributed by atoms with Crippen LogP contribution in [-0.2, 0) is 28.6 Å². The Hall–Kier alpha value is -2.62. The number of nitrogens with zero attached hydrogens (tertiary/aromatic N) is 1. The maximum atomic E-state index is 12.3. The molecule has 0 amide bonds. The fourth-order valence-electron chi connectivity index (χ4n) is 1.85. The highest BCUT2D eigenvalue weighted by Gasteiger charge is 2.44. The summed E-state index contributed by atoms with van der Waals surface area (Å²) in [6, 6.07) is 1.87. The predicted molar refractivity (Wildman–Crippen MR) is 85.5 cm³/mol. The smallest absolute Gasteiger partial charge is 0.333 e. The largest absolute Gasteiger partial charge is 0.466 e. The molecule has 0 aromatic heterocycles. The van der Waals surface area contributed by atoms with E-state index < -0.39 is 29.7 Å². The molecule has 0 N–H and O–H groups in total. The average molecular weight is 337 g/mol. The lowest BCUT2D eigenvalue weighted by molar-refractivity contribution is -0.156. The van der Waals surface area contributed by atoms with Crippen molar-refractivity contribution in [1.29, 1.82) is 5.26 Å². The molecule has 0 radical (unpaired) electrons. The Balaban J connectivity index is 5.83. The molecule has 7 heteroatoms. The third kappa shape index (κ3) is 5.54. The van der Waals surface area contributed by atoms with Crippen LogP contribution in [0.1, 0.15) is 34.1 Å². The van der Waals surface area contributed by atoms with Gasteiger partial charge in [0.2, 0.25) is 0 Å². The zero-order valence-corrected chi connectivity index (χ0v) is 14.7. The zero-order valence-electron chi connectivity index (χ0n) is 14.7. The molecule has 1 atom stereocenters. The van der Waals surface area contributed by atoms with Gasteiger partial charge in [0.15, 0.2) is 5.41 Å². The van der Waals surface area contributed by atoms with Crippen LogP contribution in [0.2, 0.25) is 0 Å². The minimum absolute atomic E-state index is 0.0649. The van der Waals surface area contributed by atoms with Gasteiger partial charge in [0.25, 0.3) is 0 Å². The van der Waals surface area contributed by atoms with E-state index in [4.69, 9.17) is 9.47 Å². The van der Waals surface area contributed by atoms with Crippen LogP contribution < -0.4 is 0 Å². The highest BCUT2D eigenvalue weighted by atomic mass is 16.5. The first-order chi connectivity index (χ1) is 11.3. The van der Waals surface area contributed by atoms with E-state index in [0.29, 0.717) is 0 Å². The van der Waals surface area contributed by atoms with Crippen LogP contribution in [0.15, 0.2) is 23.3 Å². The van der Waals surface area contributed by atoms with Crippen LogP contribution in [0.5, 0.6) is 0 Å². The molecule has 0 aromatic rings. The molecule has 24 heavy (non-hydrogen) atoms. The molecule has 0 saturated carbocycles. The number of hydrogen-bond acceptors (Lipinski definition) is 7. The van der Waals surface area contributed by atoms with Crippen molar-refractivity contribution in [3.63, 3.8) is 0 Å². The van der Waals surface area contributed by atoms with E-state index in [1.807, 2.05) is 6.07 Å². The van der Waals surface area contributed by atoms with Crippen molar-refractivity contribution in [2.45, 2.75) is 34.1 Å². The third-order valence-corrected chi connectivity index (χ3v) is 3.29. The molecule has 0 spiro atoms. The minimum Gasteiger partial charge on any atom is -0.466 e. The highest BCUT2D eigenvalue weighted by Crippen LogP contribution is 2.33. The molecule has 0 aliphatic heterocycles. The Morgan fingerprint density at radius 2 is 1.67 bits per heavy atom. The van der Waals surface area contributed by atoms with E-state index >= 15 is 0 Å². The Labute approximate surface area is 141 Å². The van der Waals surface area contributed by atoms with Gasteiger partial charge in [0, 0.05) is 5.57 Å². The Bertz CT molecular complexity index is 584. The van der Waals surface area contributed by atoms with Gasteiger partial charge in [-0.2, -0.15) is 5.26 Å².